The van der Waals surface area contributed by atoms with Gasteiger partial charge in [-0.05, 0) is 18.9 Å². The van der Waals surface area contributed by atoms with Gasteiger partial charge in [0.15, 0.2) is 0 Å². The van der Waals surface area contributed by atoms with Crippen LogP contribution in [0.4, 0.5) is 0 Å². The maximum atomic E-state index is 3.37. The van der Waals surface area contributed by atoms with Crippen molar-refractivity contribution < 1.29 is 0 Å². The normalized spacial score (nSPS) is 17.7. The lowest BCUT2D eigenvalue weighted by molar-refractivity contribution is 0.264. The van der Waals surface area contributed by atoms with Crippen LogP contribution in [0.5, 0.6) is 0 Å². The molecule has 1 fully saturated rings. The number of piperazine rings is 1. The van der Waals surface area contributed by atoms with E-state index in [0.29, 0.717) is 0 Å². The van der Waals surface area contributed by atoms with Gasteiger partial charge in [-0.3, -0.25) is 4.90 Å². The molecule has 2 nitrogen and oxygen atoms in total. The standard InChI is InChI=1S/C15H22N2/c1-14-5-7-15(8-6-14)4-2-3-11-17-12-9-16-10-13-17/h2-3,5-8,16H,4,9-13H2,1H3/b3-2-. The predicted molar refractivity (Wildman–Crippen MR) is 73.3 cm³/mol. The Hall–Kier alpha value is -1.12. The van der Waals surface area contributed by atoms with Crippen molar-refractivity contribution in [2.24, 2.45) is 0 Å². The monoisotopic (exact) mass is 230 g/mol. The number of allylic oxidation sites excluding steroid dienone is 1. The summed E-state index contributed by atoms with van der Waals surface area (Å²) in [7, 11) is 0. The lowest BCUT2D eigenvalue weighted by atomic mass is 10.1. The van der Waals surface area contributed by atoms with Crippen LogP contribution in [0.2, 0.25) is 0 Å². The summed E-state index contributed by atoms with van der Waals surface area (Å²) in [5, 5.41) is 3.37. The van der Waals surface area contributed by atoms with Crippen LogP contribution in [-0.4, -0.2) is 37.6 Å². The molecule has 0 unspecified atom stereocenters. The molecule has 1 N–H and O–H groups in total. The van der Waals surface area contributed by atoms with Gasteiger partial charge in [0.05, 0.1) is 0 Å². The van der Waals surface area contributed by atoms with Gasteiger partial charge in [0.2, 0.25) is 0 Å². The molecule has 0 bridgehead atoms. The highest BCUT2D eigenvalue weighted by Crippen LogP contribution is 2.04. The topological polar surface area (TPSA) is 15.3 Å². The summed E-state index contributed by atoms with van der Waals surface area (Å²) in [5.74, 6) is 0. The van der Waals surface area contributed by atoms with Crippen molar-refractivity contribution in [2.45, 2.75) is 13.3 Å². The van der Waals surface area contributed by atoms with Crippen LogP contribution in [-0.2, 0) is 6.42 Å². The average Bonchev–Trinajstić information content (AvgIpc) is 2.38. The lowest BCUT2D eigenvalue weighted by Crippen LogP contribution is -2.43. The van der Waals surface area contributed by atoms with Crippen LogP contribution in [0.15, 0.2) is 36.4 Å². The van der Waals surface area contributed by atoms with Gasteiger partial charge in [-0.1, -0.05) is 42.0 Å². The molecule has 92 valence electrons. The van der Waals surface area contributed by atoms with E-state index in [1.54, 1.807) is 0 Å². The Kier molecular flexibility index (Phi) is 4.77. The third kappa shape index (κ3) is 4.33. The summed E-state index contributed by atoms with van der Waals surface area (Å²) in [5.41, 5.74) is 2.73. The molecule has 0 spiro atoms. The SMILES string of the molecule is Cc1ccc(C/C=C\CN2CCNCC2)cc1. The zero-order valence-electron chi connectivity index (χ0n) is 10.7. The molecule has 0 saturated carbocycles. The summed E-state index contributed by atoms with van der Waals surface area (Å²) in [6, 6.07) is 8.79. The maximum absolute atomic E-state index is 3.37. The van der Waals surface area contributed by atoms with Gasteiger partial charge in [-0.2, -0.15) is 0 Å². The number of hydrogen-bond acceptors (Lipinski definition) is 2. The van der Waals surface area contributed by atoms with E-state index in [1.807, 2.05) is 0 Å². The molecule has 0 amide bonds. The van der Waals surface area contributed by atoms with Crippen LogP contribution in [0.1, 0.15) is 11.1 Å². The highest BCUT2D eigenvalue weighted by atomic mass is 15.2. The molecule has 0 aromatic heterocycles. The van der Waals surface area contributed by atoms with Gasteiger partial charge >= 0.3 is 0 Å². The first-order chi connectivity index (χ1) is 8.34. The second-order valence-electron chi connectivity index (χ2n) is 4.71. The summed E-state index contributed by atoms with van der Waals surface area (Å²) in [6.07, 6.45) is 5.63. The summed E-state index contributed by atoms with van der Waals surface area (Å²) >= 11 is 0. The minimum atomic E-state index is 1.05. The quantitative estimate of drug-likeness (QED) is 0.796. The van der Waals surface area contributed by atoms with Crippen LogP contribution in [0.25, 0.3) is 0 Å². The highest BCUT2D eigenvalue weighted by Gasteiger charge is 2.06. The van der Waals surface area contributed by atoms with Crippen LogP contribution < -0.4 is 5.32 Å². The second kappa shape index (κ2) is 6.58. The fraction of sp³-hybridized carbons (Fsp3) is 0.467. The minimum absolute atomic E-state index is 1.05. The Bertz CT molecular complexity index is 348. The van der Waals surface area contributed by atoms with E-state index in [-0.39, 0.29) is 0 Å². The Morgan fingerprint density at radius 1 is 1.12 bits per heavy atom. The van der Waals surface area contributed by atoms with Gasteiger partial charge in [-0.15, -0.1) is 0 Å². The molecular formula is C15H22N2. The van der Waals surface area contributed by atoms with Gasteiger partial charge in [-0.25, -0.2) is 0 Å². The molecule has 1 aliphatic heterocycles. The Morgan fingerprint density at radius 3 is 2.53 bits per heavy atom. The number of benzene rings is 1. The molecule has 1 heterocycles. The lowest BCUT2D eigenvalue weighted by Gasteiger charge is -2.25. The number of hydrogen-bond donors (Lipinski definition) is 1. The summed E-state index contributed by atoms with van der Waals surface area (Å²) in [4.78, 5) is 2.49. The smallest absolute Gasteiger partial charge is 0.0164 e. The number of aryl methyl sites for hydroxylation is 1. The van der Waals surface area contributed by atoms with Gasteiger partial charge in [0.25, 0.3) is 0 Å². The Balaban J connectivity index is 1.72. The van der Waals surface area contributed by atoms with Crippen molar-refractivity contribution in [2.75, 3.05) is 32.7 Å². The largest absolute Gasteiger partial charge is 0.314 e. The number of nitrogens with zero attached hydrogens (tertiary/aromatic N) is 1. The van der Waals surface area contributed by atoms with Crippen molar-refractivity contribution in [1.82, 2.24) is 10.2 Å². The van der Waals surface area contributed by atoms with E-state index >= 15 is 0 Å². The van der Waals surface area contributed by atoms with Gasteiger partial charge < -0.3 is 5.32 Å². The Morgan fingerprint density at radius 2 is 1.82 bits per heavy atom. The van der Waals surface area contributed by atoms with Gasteiger partial charge in [0, 0.05) is 32.7 Å². The summed E-state index contributed by atoms with van der Waals surface area (Å²) in [6.45, 7) is 7.83. The Labute approximate surface area is 104 Å². The fourth-order valence-corrected chi connectivity index (χ4v) is 2.06. The first-order valence-corrected chi connectivity index (χ1v) is 6.48. The average molecular weight is 230 g/mol. The molecule has 17 heavy (non-hydrogen) atoms. The number of rotatable bonds is 4. The third-order valence-corrected chi connectivity index (χ3v) is 3.21. The molecule has 1 aromatic rings. The van der Waals surface area contributed by atoms with Crippen molar-refractivity contribution in [1.29, 1.82) is 0 Å². The first kappa shape index (κ1) is 12.3. The van der Waals surface area contributed by atoms with E-state index in [9.17, 15) is 0 Å². The van der Waals surface area contributed by atoms with Gasteiger partial charge in [0.1, 0.15) is 0 Å². The van der Waals surface area contributed by atoms with E-state index in [0.717, 1.165) is 26.1 Å². The van der Waals surface area contributed by atoms with Crippen LogP contribution in [0.3, 0.4) is 0 Å². The van der Waals surface area contributed by atoms with Crippen molar-refractivity contribution in [3.05, 3.63) is 47.5 Å². The van der Waals surface area contributed by atoms with E-state index in [2.05, 4.69) is 53.6 Å². The van der Waals surface area contributed by atoms with E-state index < -0.39 is 0 Å². The third-order valence-electron chi connectivity index (χ3n) is 3.21. The first-order valence-electron chi connectivity index (χ1n) is 6.48. The van der Waals surface area contributed by atoms with E-state index in [4.69, 9.17) is 0 Å². The molecule has 1 aliphatic rings. The number of nitrogens with one attached hydrogen (secondary N) is 1. The zero-order valence-corrected chi connectivity index (χ0v) is 10.7. The maximum Gasteiger partial charge on any atom is 0.0164 e. The summed E-state index contributed by atoms with van der Waals surface area (Å²) < 4.78 is 0. The van der Waals surface area contributed by atoms with Crippen molar-refractivity contribution >= 4 is 0 Å². The van der Waals surface area contributed by atoms with Crippen molar-refractivity contribution in [3.8, 4) is 0 Å². The molecule has 1 saturated heterocycles. The molecule has 0 atom stereocenters. The fourth-order valence-electron chi connectivity index (χ4n) is 2.06. The molecule has 2 rings (SSSR count). The van der Waals surface area contributed by atoms with E-state index in [1.165, 1.54) is 24.2 Å². The minimum Gasteiger partial charge on any atom is -0.314 e. The second-order valence-corrected chi connectivity index (χ2v) is 4.71. The zero-order chi connectivity index (χ0) is 11.9. The molecule has 2 heteroatoms. The molecule has 0 radical (unpaired) electrons. The highest BCUT2D eigenvalue weighted by molar-refractivity contribution is 5.23. The van der Waals surface area contributed by atoms with Crippen LogP contribution in [0, 0.1) is 6.92 Å². The molecule has 0 aliphatic carbocycles. The van der Waals surface area contributed by atoms with Crippen LogP contribution >= 0.6 is 0 Å². The predicted octanol–water partition coefficient (Wildman–Crippen LogP) is 2.00. The molecular weight excluding hydrogens is 208 g/mol. The molecule has 1 aromatic carbocycles. The van der Waals surface area contributed by atoms with Crippen molar-refractivity contribution in [3.63, 3.8) is 0 Å².